The summed E-state index contributed by atoms with van der Waals surface area (Å²) in [4.78, 5) is 35.1. The molecule has 0 saturated heterocycles. The second-order valence-electron chi connectivity index (χ2n) is 20.4. The van der Waals surface area contributed by atoms with Crippen molar-refractivity contribution >= 4 is 17.9 Å². The highest BCUT2D eigenvalue weighted by molar-refractivity contribution is 5.80. The minimum absolute atomic E-state index is 0.0221. The lowest BCUT2D eigenvalue weighted by Gasteiger charge is -2.20. The molecule has 1 heterocycles. The number of carboxylic acids is 3. The van der Waals surface area contributed by atoms with Crippen LogP contribution in [0.5, 0.6) is 46.0 Å². The Labute approximate surface area is 483 Å². The Hall–Kier alpha value is -7.21. The standard InChI is InChI=1S/C64H82N3O15/c1-3-5-7-9-11-13-15-19-25-75-53-28-49(30-55(36-53)80-44-61(69)70)42-78-57-34-51(64-59(77-26-20-16-14-12-10-8-6-4-2)32-48(41-68)33-60(64)82-46-63(73)74)35-58(38-57)79-43-50-29-54(37-56(31-50)81-45-62(71)72)76-27-21-24-52-40-67(66-65-52)39-47-22-17-18-23-47/h17-18,22-23,28-38,40,68H,3-16,19-21,24-27,39,41-46H2,1-2H3,(H,69,70)(H,71,72)(H,73,74). The molecule has 1 aliphatic rings. The van der Waals surface area contributed by atoms with Gasteiger partial charge in [0.25, 0.3) is 0 Å². The summed E-state index contributed by atoms with van der Waals surface area (Å²) < 4.78 is 50.9. The third-order valence-electron chi connectivity index (χ3n) is 13.3. The Morgan fingerprint density at radius 1 is 0.463 bits per heavy atom. The van der Waals surface area contributed by atoms with E-state index >= 15 is 0 Å². The van der Waals surface area contributed by atoms with E-state index in [0.717, 1.165) is 56.6 Å². The number of rotatable bonds is 44. The Kier molecular flexibility index (Phi) is 28.3. The molecule has 18 heteroatoms. The van der Waals surface area contributed by atoms with Crippen LogP contribution in [0.1, 0.15) is 145 Å². The summed E-state index contributed by atoms with van der Waals surface area (Å²) in [5.41, 5.74) is 3.36. The van der Waals surface area contributed by atoms with E-state index in [1.165, 1.54) is 57.8 Å². The summed E-state index contributed by atoms with van der Waals surface area (Å²) in [6.45, 7) is 3.90. The summed E-state index contributed by atoms with van der Waals surface area (Å²) in [6, 6.07) is 18.7. The van der Waals surface area contributed by atoms with Crippen LogP contribution in [0.25, 0.3) is 11.1 Å². The second-order valence-corrected chi connectivity index (χ2v) is 20.4. The molecular weight excluding hydrogens is 1050 g/mol. The van der Waals surface area contributed by atoms with Crippen molar-refractivity contribution in [1.29, 1.82) is 0 Å². The van der Waals surface area contributed by atoms with Gasteiger partial charge in [0, 0.05) is 36.9 Å². The first-order valence-electron chi connectivity index (χ1n) is 28.9. The summed E-state index contributed by atoms with van der Waals surface area (Å²) in [5.74, 6) is 0.263. The number of aryl methyl sites for hydroxylation is 1. The van der Waals surface area contributed by atoms with Gasteiger partial charge in [0.1, 0.15) is 59.2 Å². The van der Waals surface area contributed by atoms with Gasteiger partial charge in [-0.15, -0.1) is 5.10 Å². The Morgan fingerprint density at radius 3 is 1.38 bits per heavy atom. The maximum absolute atomic E-state index is 12.0. The highest BCUT2D eigenvalue weighted by Gasteiger charge is 2.21. The number of aliphatic carboxylic acids is 3. The van der Waals surface area contributed by atoms with E-state index in [1.54, 1.807) is 65.3 Å². The van der Waals surface area contributed by atoms with E-state index in [1.807, 2.05) is 37.9 Å². The lowest BCUT2D eigenvalue weighted by atomic mass is 10.00. The van der Waals surface area contributed by atoms with E-state index in [0.29, 0.717) is 102 Å². The van der Waals surface area contributed by atoms with Crippen molar-refractivity contribution in [2.24, 2.45) is 0 Å². The van der Waals surface area contributed by atoms with Crippen molar-refractivity contribution in [2.45, 2.75) is 156 Å². The third-order valence-corrected chi connectivity index (χ3v) is 13.3. The molecule has 0 aliphatic heterocycles. The monoisotopic (exact) mass is 1130 g/mol. The molecule has 443 valence electrons. The van der Waals surface area contributed by atoms with Gasteiger partial charge in [-0.05, 0) is 122 Å². The number of benzene rings is 4. The van der Waals surface area contributed by atoms with Crippen LogP contribution in [0, 0.1) is 31.6 Å². The average Bonchev–Trinajstić information content (AvgIpc) is 4.03. The average molecular weight is 1130 g/mol. The molecule has 1 saturated carbocycles. The predicted molar refractivity (Wildman–Crippen MR) is 309 cm³/mol. The van der Waals surface area contributed by atoms with Gasteiger partial charge in [-0.2, -0.15) is 0 Å². The van der Waals surface area contributed by atoms with Gasteiger partial charge in [0.05, 0.1) is 37.7 Å². The minimum Gasteiger partial charge on any atom is -0.493 e. The van der Waals surface area contributed by atoms with Gasteiger partial charge in [-0.1, -0.05) is 109 Å². The molecule has 82 heavy (non-hydrogen) atoms. The van der Waals surface area contributed by atoms with Crippen molar-refractivity contribution in [3.63, 3.8) is 0 Å². The maximum Gasteiger partial charge on any atom is 0.341 e. The Morgan fingerprint density at radius 2 is 0.890 bits per heavy atom. The highest BCUT2D eigenvalue weighted by atomic mass is 16.5. The zero-order valence-corrected chi connectivity index (χ0v) is 47.7. The number of hydrogen-bond donors (Lipinski definition) is 4. The molecule has 1 fully saturated rings. The smallest absolute Gasteiger partial charge is 0.341 e. The number of aromatic nitrogens is 3. The fourth-order valence-electron chi connectivity index (χ4n) is 9.18. The summed E-state index contributed by atoms with van der Waals surface area (Å²) in [6.07, 6.45) is 29.0. The van der Waals surface area contributed by atoms with Crippen LogP contribution >= 0.6 is 0 Å². The minimum atomic E-state index is -1.20. The molecule has 6 rings (SSSR count). The summed E-state index contributed by atoms with van der Waals surface area (Å²) in [7, 11) is 0. The first kappa shape index (κ1) is 64.0. The van der Waals surface area contributed by atoms with E-state index < -0.39 is 37.7 Å². The summed E-state index contributed by atoms with van der Waals surface area (Å²) in [5, 5.41) is 47.7. The van der Waals surface area contributed by atoms with Gasteiger partial charge in [-0.3, -0.25) is 4.68 Å². The van der Waals surface area contributed by atoms with E-state index in [2.05, 4.69) is 24.2 Å². The van der Waals surface area contributed by atoms with Crippen LogP contribution in [0.3, 0.4) is 0 Å². The van der Waals surface area contributed by atoms with Gasteiger partial charge in [-0.25, -0.2) is 14.4 Å². The molecule has 18 nitrogen and oxygen atoms in total. The Bertz CT molecular complexity index is 2700. The highest BCUT2D eigenvalue weighted by Crippen LogP contribution is 2.43. The molecule has 4 aromatic carbocycles. The van der Waals surface area contributed by atoms with E-state index in [4.69, 9.17) is 37.9 Å². The largest absolute Gasteiger partial charge is 0.493 e. The van der Waals surface area contributed by atoms with Crippen LogP contribution in [-0.4, -0.2) is 93.0 Å². The number of aliphatic hydroxyl groups is 1. The number of unbranched alkanes of at least 4 members (excludes halogenated alkanes) is 14. The van der Waals surface area contributed by atoms with E-state index in [9.17, 15) is 34.8 Å². The molecule has 1 aliphatic carbocycles. The fraction of sp³-hybridized carbons (Fsp3) is 0.469. The van der Waals surface area contributed by atoms with Crippen LogP contribution < -0.4 is 37.9 Å². The van der Waals surface area contributed by atoms with Crippen molar-refractivity contribution in [1.82, 2.24) is 15.0 Å². The van der Waals surface area contributed by atoms with Crippen LogP contribution in [0.2, 0.25) is 0 Å². The molecule has 5 aromatic rings. The lowest BCUT2D eigenvalue weighted by Crippen LogP contribution is -2.11. The van der Waals surface area contributed by atoms with Crippen molar-refractivity contribution in [2.75, 3.05) is 39.6 Å². The number of carboxylic acid groups (broad SMARTS) is 3. The third kappa shape index (κ3) is 24.1. The first-order chi connectivity index (χ1) is 40.0. The molecule has 0 atom stereocenters. The first-order valence-corrected chi connectivity index (χ1v) is 28.9. The molecule has 0 spiro atoms. The van der Waals surface area contributed by atoms with Gasteiger partial charge >= 0.3 is 17.9 Å². The number of carbonyl (C=O) groups is 3. The molecule has 0 amide bonds. The second kappa shape index (κ2) is 36.3. The number of nitrogens with zero attached hydrogens (tertiary/aromatic N) is 3. The van der Waals surface area contributed by atoms with Gasteiger partial charge < -0.3 is 58.3 Å². The fourth-order valence-corrected chi connectivity index (χ4v) is 9.18. The lowest BCUT2D eigenvalue weighted by molar-refractivity contribution is -0.140. The molecule has 0 bridgehead atoms. The number of ether oxygens (including phenoxy) is 8. The van der Waals surface area contributed by atoms with Crippen molar-refractivity contribution in [3.05, 3.63) is 127 Å². The zero-order chi connectivity index (χ0) is 58.2. The number of aliphatic hydroxyl groups excluding tert-OH is 1. The van der Waals surface area contributed by atoms with Crippen LogP contribution in [0.15, 0.2) is 72.9 Å². The van der Waals surface area contributed by atoms with Gasteiger partial charge in [0.15, 0.2) is 19.8 Å². The van der Waals surface area contributed by atoms with Crippen molar-refractivity contribution < 1.29 is 72.7 Å². The van der Waals surface area contributed by atoms with Gasteiger partial charge in [0.2, 0.25) is 0 Å². The van der Waals surface area contributed by atoms with Crippen LogP contribution in [-0.2, 0) is 47.2 Å². The predicted octanol–water partition coefficient (Wildman–Crippen LogP) is 12.4. The molecular formula is C64H82N3O15. The summed E-state index contributed by atoms with van der Waals surface area (Å²) >= 11 is 0. The molecule has 1 aromatic heterocycles. The molecule has 5 radical (unpaired) electrons. The molecule has 4 N–H and O–H groups in total. The SMILES string of the molecule is CCCCCCCCCCOc1cc(COc2cc(OCc3cc(OCCCc4cn(C[C]5[CH][CH][CH][CH]5)nn4)cc(OCC(=O)O)c3)cc(-c3c(OCCCCCCCCCC)cc(CO)cc3OCC(=O)O)c2)cc(OCC(=O)O)c1. The van der Waals surface area contributed by atoms with Crippen LogP contribution in [0.4, 0.5) is 0 Å². The van der Waals surface area contributed by atoms with E-state index in [-0.39, 0.29) is 31.3 Å². The molecule has 0 unspecified atom stereocenters. The topological polar surface area (TPSA) is 237 Å². The van der Waals surface area contributed by atoms with Crippen molar-refractivity contribution in [3.8, 4) is 57.1 Å². The quantitative estimate of drug-likeness (QED) is 0.0265. The zero-order valence-electron chi connectivity index (χ0n) is 47.7. The normalized spacial score (nSPS) is 12.3. The Balaban J connectivity index is 1.27. The maximum atomic E-state index is 12.0. The number of hydrogen-bond acceptors (Lipinski definition) is 14.